The molecule has 0 fully saturated rings. The molecular weight excluding hydrogens is 815 g/mol. The first kappa shape index (κ1) is 43.3. The average Bonchev–Trinajstić information content (AvgIpc) is 3.90. The van der Waals surface area contributed by atoms with Crippen LogP contribution in [0.25, 0.3) is 66.1 Å². The number of fused-ring (bicyclic) bond motifs is 2. The van der Waals surface area contributed by atoms with E-state index in [-0.39, 0.29) is 0 Å². The molecule has 8 aromatic carbocycles. The van der Waals surface area contributed by atoms with Crippen LogP contribution in [-0.4, -0.2) is 9.52 Å². The van der Waals surface area contributed by atoms with E-state index in [1.54, 1.807) is 0 Å². The summed E-state index contributed by atoms with van der Waals surface area (Å²) < 4.78 is 0. The van der Waals surface area contributed by atoms with Crippen LogP contribution in [0.2, 0.25) is 13.1 Å². The minimum atomic E-state index is -0.826. The van der Waals surface area contributed by atoms with Crippen molar-refractivity contribution in [3.63, 3.8) is 0 Å². The molecule has 0 saturated carbocycles. The van der Waals surface area contributed by atoms with Crippen molar-refractivity contribution in [3.05, 3.63) is 181 Å². The normalized spacial score (nSPS) is 10.4. The van der Waals surface area contributed by atoms with Gasteiger partial charge in [-0.1, -0.05) is 195 Å². The Bertz CT molecular complexity index is 2140. The molecule has 0 spiro atoms. The predicted octanol–water partition coefficient (Wildman–Crippen LogP) is 16.6. The fourth-order valence-electron chi connectivity index (χ4n) is 7.03. The van der Waals surface area contributed by atoms with Gasteiger partial charge in [0.2, 0.25) is 0 Å². The second-order valence-corrected chi connectivity index (χ2v) is 18.7. The Morgan fingerprint density at radius 1 is 0.464 bits per heavy atom. The number of benzene rings is 6. The Hall–Kier alpha value is -3.78. The van der Waals surface area contributed by atoms with E-state index in [1.165, 1.54) is 116 Å². The zero-order valence-corrected chi connectivity index (χ0v) is 38.1. The fourth-order valence-corrected chi connectivity index (χ4v) is 7.03. The van der Waals surface area contributed by atoms with Crippen LogP contribution in [0.5, 0.6) is 0 Å². The van der Waals surface area contributed by atoms with Crippen molar-refractivity contribution < 1.29 is 20.8 Å². The number of unbranched alkanes of at least 4 members (excludes halogenated alkanes) is 2. The third kappa shape index (κ3) is 12.1. The number of halogens is 2. The van der Waals surface area contributed by atoms with Gasteiger partial charge in [-0.2, -0.15) is 0 Å². The second-order valence-electron chi connectivity index (χ2n) is 14.0. The topological polar surface area (TPSA) is 0 Å². The molecule has 8 rings (SSSR count). The van der Waals surface area contributed by atoms with Gasteiger partial charge in [0.1, 0.15) is 0 Å². The Morgan fingerprint density at radius 3 is 1.16 bits per heavy atom. The van der Waals surface area contributed by atoms with E-state index in [1.807, 2.05) is 0 Å². The van der Waals surface area contributed by atoms with Crippen molar-refractivity contribution >= 4 is 48.1 Å². The summed E-state index contributed by atoms with van der Waals surface area (Å²) in [4.78, 5) is 0. The maximum absolute atomic E-state index is 4.93. The van der Waals surface area contributed by atoms with Crippen molar-refractivity contribution in [2.75, 3.05) is 0 Å². The number of rotatable bonds is 10. The van der Waals surface area contributed by atoms with E-state index >= 15 is 0 Å². The molecule has 0 saturated heterocycles. The van der Waals surface area contributed by atoms with Crippen LogP contribution in [0.15, 0.2) is 170 Å². The molecule has 0 aliphatic carbocycles. The summed E-state index contributed by atoms with van der Waals surface area (Å²) in [6.45, 7) is 8.80. The molecule has 0 N–H and O–H groups in total. The van der Waals surface area contributed by atoms with Crippen molar-refractivity contribution in [1.29, 1.82) is 0 Å². The van der Waals surface area contributed by atoms with Gasteiger partial charge in [0.15, 0.2) is 0 Å². The average molecular weight is 867 g/mol. The minimum absolute atomic E-state index is 0.826. The van der Waals surface area contributed by atoms with E-state index in [4.69, 9.17) is 17.0 Å². The molecule has 2 radical (unpaired) electrons. The van der Waals surface area contributed by atoms with Crippen LogP contribution in [-0.2, 0) is 33.7 Å². The van der Waals surface area contributed by atoms with Crippen molar-refractivity contribution in [1.82, 2.24) is 0 Å². The molecule has 0 atom stereocenters. The molecule has 0 amide bonds. The Labute approximate surface area is 357 Å². The van der Waals surface area contributed by atoms with Crippen LogP contribution < -0.4 is 0 Å². The van der Waals surface area contributed by atoms with Crippen LogP contribution >= 0.6 is 17.0 Å². The SMILES string of the molecule is CCCCc1ccc(-c2cccc3[cH-]c(-c4ccccc4)cc23)cc1.CCCCc1ccc(-c2cccc3[cH-]c(-c4ccccc4)cc23)cc1.C[Si]C.[Cl][Zr+2][Cl]. The zero-order chi connectivity index (χ0) is 39.5. The van der Waals surface area contributed by atoms with E-state index in [2.05, 4.69) is 197 Å². The molecule has 8 aromatic rings. The molecular formula is C52H52Cl2SiZr. The molecule has 56 heavy (non-hydrogen) atoms. The fraction of sp³-hybridized carbons (Fsp3) is 0.192. The Balaban J connectivity index is 0.000000188. The molecule has 4 heteroatoms. The summed E-state index contributed by atoms with van der Waals surface area (Å²) in [7, 11) is 11.0. The van der Waals surface area contributed by atoms with Crippen LogP contribution in [0.4, 0.5) is 0 Å². The van der Waals surface area contributed by atoms with E-state index < -0.39 is 20.8 Å². The third-order valence-electron chi connectivity index (χ3n) is 9.88. The van der Waals surface area contributed by atoms with Gasteiger partial charge in [0.25, 0.3) is 0 Å². The van der Waals surface area contributed by atoms with Crippen molar-refractivity contribution in [2.24, 2.45) is 0 Å². The summed E-state index contributed by atoms with van der Waals surface area (Å²) in [5.74, 6) is 0. The van der Waals surface area contributed by atoms with Gasteiger partial charge in [0.05, 0.1) is 0 Å². The quantitative estimate of drug-likeness (QED) is 0.0949. The molecule has 0 bridgehead atoms. The first-order valence-corrected chi connectivity index (χ1v) is 28.1. The summed E-state index contributed by atoms with van der Waals surface area (Å²) in [5, 5.41) is 5.29. The van der Waals surface area contributed by atoms with E-state index in [0.29, 0.717) is 0 Å². The molecule has 0 heterocycles. The summed E-state index contributed by atoms with van der Waals surface area (Å²) in [6, 6.07) is 61.9. The van der Waals surface area contributed by atoms with Gasteiger partial charge in [-0.25, -0.2) is 0 Å². The molecule has 0 aliphatic heterocycles. The van der Waals surface area contributed by atoms with E-state index in [9.17, 15) is 0 Å². The second kappa shape index (κ2) is 23.5. The van der Waals surface area contributed by atoms with Crippen molar-refractivity contribution in [3.8, 4) is 44.5 Å². The Morgan fingerprint density at radius 2 is 0.821 bits per heavy atom. The van der Waals surface area contributed by atoms with Gasteiger partial charge in [-0.15, -0.1) is 69.1 Å². The van der Waals surface area contributed by atoms with Crippen molar-refractivity contribution in [2.45, 2.75) is 65.5 Å². The zero-order valence-electron chi connectivity index (χ0n) is 33.2. The van der Waals surface area contributed by atoms with Gasteiger partial charge in [0, 0.05) is 9.52 Å². The molecule has 0 unspecified atom stereocenters. The standard InChI is InChI=1S/2C25H23.C2H6Si.2ClH.Zr/c2*1-2-3-8-19-13-15-21(16-14-19)24-12-7-11-22-17-23(18-25(22)24)20-9-5-4-6-10-20;1-3-2;;;/h2*4-7,9-18H,2-3,8H2,1H3;1-2H3;2*1H;/q2*-1;;;;+4/p-2. The summed E-state index contributed by atoms with van der Waals surface area (Å²) in [6.07, 6.45) is 7.37. The molecule has 0 aliphatic rings. The van der Waals surface area contributed by atoms with Gasteiger partial charge >= 0.3 is 37.9 Å². The van der Waals surface area contributed by atoms with E-state index in [0.717, 1.165) is 9.52 Å². The first-order chi connectivity index (χ1) is 27.5. The monoisotopic (exact) mass is 864 g/mol. The van der Waals surface area contributed by atoms with Gasteiger partial charge in [-0.05, 0) is 47.9 Å². The molecule has 0 nitrogen and oxygen atoms in total. The molecule has 0 aromatic heterocycles. The van der Waals surface area contributed by atoms with Crippen LogP contribution in [0.1, 0.15) is 50.7 Å². The van der Waals surface area contributed by atoms with Gasteiger partial charge < -0.3 is 0 Å². The summed E-state index contributed by atoms with van der Waals surface area (Å²) in [5.41, 5.74) is 13.3. The predicted molar refractivity (Wildman–Crippen MR) is 247 cm³/mol. The van der Waals surface area contributed by atoms with Crippen LogP contribution in [0.3, 0.4) is 0 Å². The summed E-state index contributed by atoms with van der Waals surface area (Å²) >= 11 is -0.826. The molecule has 282 valence electrons. The number of hydrogen-bond donors (Lipinski definition) is 0. The number of aryl methyl sites for hydroxylation is 2. The third-order valence-corrected chi connectivity index (χ3v) is 9.88. The first-order valence-electron chi connectivity index (χ1n) is 19.8. The maximum atomic E-state index is 4.93. The van der Waals surface area contributed by atoms with Gasteiger partial charge in [-0.3, -0.25) is 0 Å². The van der Waals surface area contributed by atoms with Crippen LogP contribution in [0, 0.1) is 0 Å². The Kier molecular flexibility index (Phi) is 18.2. The number of hydrogen-bond acceptors (Lipinski definition) is 0.